The van der Waals surface area contributed by atoms with Crippen molar-refractivity contribution in [3.63, 3.8) is 0 Å². The van der Waals surface area contributed by atoms with E-state index in [4.69, 9.17) is 30.5 Å². The predicted octanol–water partition coefficient (Wildman–Crippen LogP) is 4.22. The zero-order valence-electron chi connectivity index (χ0n) is 17.2. The second kappa shape index (κ2) is 10.4. The van der Waals surface area contributed by atoms with Gasteiger partial charge >= 0.3 is 0 Å². The van der Waals surface area contributed by atoms with E-state index in [1.807, 2.05) is 13.8 Å². The average molecular weight is 421 g/mol. The number of methoxy groups -OCH3 is 3. The topological polar surface area (TPSA) is 74.2 Å². The monoisotopic (exact) mass is 420 g/mol. The van der Waals surface area contributed by atoms with Gasteiger partial charge in [-0.2, -0.15) is 0 Å². The Kier molecular flexibility index (Phi) is 8.15. The number of ether oxygens (including phenoxy) is 4. The summed E-state index contributed by atoms with van der Waals surface area (Å²) in [6.45, 7) is 3.41. The standard InChI is InChI=1S/C22H25ClO6/c1-6-13(2)7-8-17(25)19-14(11-24)9-15-18(27-4)10-16(23)21(28-5)20(15)22(19)29-12-26-3/h9-10,13,24H,6,11-12H2,1-5H3. The Bertz CT molecular complexity index is 958. The molecule has 0 aliphatic heterocycles. The number of aliphatic hydroxyl groups excluding tert-OH is 1. The third-order valence-corrected chi connectivity index (χ3v) is 4.80. The van der Waals surface area contributed by atoms with Gasteiger partial charge < -0.3 is 24.1 Å². The normalized spacial score (nSPS) is 11.6. The van der Waals surface area contributed by atoms with Crippen LogP contribution in [0.3, 0.4) is 0 Å². The van der Waals surface area contributed by atoms with Gasteiger partial charge in [-0.3, -0.25) is 4.79 Å². The van der Waals surface area contributed by atoms with Gasteiger partial charge in [-0.05, 0) is 24.0 Å². The summed E-state index contributed by atoms with van der Waals surface area (Å²) in [4.78, 5) is 13.0. The summed E-state index contributed by atoms with van der Waals surface area (Å²) in [5, 5.41) is 11.3. The van der Waals surface area contributed by atoms with Crippen molar-refractivity contribution in [1.82, 2.24) is 0 Å². The van der Waals surface area contributed by atoms with E-state index >= 15 is 0 Å². The van der Waals surface area contributed by atoms with Crippen LogP contribution >= 0.6 is 11.6 Å². The Morgan fingerprint density at radius 1 is 1.21 bits per heavy atom. The molecule has 0 aromatic heterocycles. The molecule has 0 fully saturated rings. The van der Waals surface area contributed by atoms with Gasteiger partial charge in [0.2, 0.25) is 5.78 Å². The highest BCUT2D eigenvalue weighted by Crippen LogP contribution is 2.46. The Morgan fingerprint density at radius 2 is 1.93 bits per heavy atom. The first-order valence-corrected chi connectivity index (χ1v) is 9.49. The first-order valence-electron chi connectivity index (χ1n) is 9.11. The number of carbonyl (C=O) groups is 1. The van der Waals surface area contributed by atoms with Crippen LogP contribution in [-0.4, -0.2) is 39.0 Å². The number of carbonyl (C=O) groups excluding carboxylic acids is 1. The van der Waals surface area contributed by atoms with E-state index in [2.05, 4.69) is 11.8 Å². The molecule has 0 saturated heterocycles. The van der Waals surface area contributed by atoms with Gasteiger partial charge in [-0.25, -0.2) is 0 Å². The van der Waals surface area contributed by atoms with Crippen molar-refractivity contribution in [1.29, 1.82) is 0 Å². The van der Waals surface area contributed by atoms with Crippen LogP contribution in [0.15, 0.2) is 12.1 Å². The number of rotatable bonds is 8. The molecule has 0 saturated carbocycles. The molecule has 1 unspecified atom stereocenters. The fourth-order valence-electron chi connectivity index (χ4n) is 2.87. The van der Waals surface area contributed by atoms with Crippen molar-refractivity contribution < 1.29 is 28.8 Å². The fourth-order valence-corrected chi connectivity index (χ4v) is 3.14. The molecule has 0 aliphatic rings. The molecule has 2 aromatic rings. The number of hydrogen-bond donors (Lipinski definition) is 1. The zero-order chi connectivity index (χ0) is 21.6. The lowest BCUT2D eigenvalue weighted by Crippen LogP contribution is -2.10. The molecule has 0 radical (unpaired) electrons. The molecule has 0 heterocycles. The highest BCUT2D eigenvalue weighted by Gasteiger charge is 2.25. The predicted molar refractivity (Wildman–Crippen MR) is 112 cm³/mol. The van der Waals surface area contributed by atoms with E-state index in [9.17, 15) is 9.90 Å². The molecule has 0 bridgehead atoms. The highest BCUT2D eigenvalue weighted by atomic mass is 35.5. The molecule has 2 rings (SSSR count). The maximum absolute atomic E-state index is 13.0. The van der Waals surface area contributed by atoms with Gasteiger partial charge in [-0.15, -0.1) is 0 Å². The fraction of sp³-hybridized carbons (Fsp3) is 0.409. The first-order chi connectivity index (χ1) is 13.9. The largest absolute Gasteiger partial charge is 0.496 e. The third kappa shape index (κ3) is 4.76. The van der Waals surface area contributed by atoms with Crippen molar-refractivity contribution >= 4 is 28.2 Å². The smallest absolute Gasteiger partial charge is 0.240 e. The van der Waals surface area contributed by atoms with Crippen LogP contribution in [0.5, 0.6) is 17.2 Å². The van der Waals surface area contributed by atoms with Crippen LogP contribution in [0, 0.1) is 17.8 Å². The molecule has 0 amide bonds. The van der Waals surface area contributed by atoms with Crippen LogP contribution in [0.4, 0.5) is 0 Å². The summed E-state index contributed by atoms with van der Waals surface area (Å²) in [5.74, 6) is 6.13. The SMILES string of the molecule is CCC(C)C#CC(=O)c1c(CO)cc2c(OC)cc(Cl)c(OC)c2c1OCOC. The van der Waals surface area contributed by atoms with E-state index in [0.29, 0.717) is 32.9 Å². The number of ketones is 1. The lowest BCUT2D eigenvalue weighted by atomic mass is 9.95. The van der Waals surface area contributed by atoms with Crippen LogP contribution < -0.4 is 14.2 Å². The molecule has 29 heavy (non-hydrogen) atoms. The third-order valence-electron chi connectivity index (χ3n) is 4.52. The van der Waals surface area contributed by atoms with Crippen LogP contribution in [0.1, 0.15) is 36.2 Å². The summed E-state index contributed by atoms with van der Waals surface area (Å²) < 4.78 is 21.7. The van der Waals surface area contributed by atoms with E-state index in [1.165, 1.54) is 21.3 Å². The molecule has 7 heteroatoms. The minimum absolute atomic E-state index is 0.0596. The highest BCUT2D eigenvalue weighted by molar-refractivity contribution is 6.34. The van der Waals surface area contributed by atoms with Crippen molar-refractivity contribution in [2.75, 3.05) is 28.1 Å². The lowest BCUT2D eigenvalue weighted by molar-refractivity contribution is 0.0512. The van der Waals surface area contributed by atoms with Crippen molar-refractivity contribution in [2.45, 2.75) is 26.9 Å². The molecule has 1 N–H and O–H groups in total. The Morgan fingerprint density at radius 3 is 2.48 bits per heavy atom. The van der Waals surface area contributed by atoms with E-state index < -0.39 is 5.78 Å². The molecular formula is C22H25ClO6. The number of aliphatic hydroxyl groups is 1. The summed E-state index contributed by atoms with van der Waals surface area (Å²) >= 11 is 6.37. The second-order valence-electron chi connectivity index (χ2n) is 6.37. The van der Waals surface area contributed by atoms with Crippen LogP contribution in [-0.2, 0) is 11.3 Å². The van der Waals surface area contributed by atoms with Crippen LogP contribution in [0.2, 0.25) is 5.02 Å². The second-order valence-corrected chi connectivity index (χ2v) is 6.78. The molecule has 2 aromatic carbocycles. The summed E-state index contributed by atoms with van der Waals surface area (Å²) in [5.41, 5.74) is 0.505. The molecule has 1 atom stereocenters. The number of Topliss-reactive ketones (excluding diaryl/α,β-unsaturated/α-hetero) is 1. The maximum atomic E-state index is 13.0. The number of hydrogen-bond acceptors (Lipinski definition) is 6. The van der Waals surface area contributed by atoms with E-state index in [-0.39, 0.29) is 30.6 Å². The first kappa shape index (κ1) is 22.8. The maximum Gasteiger partial charge on any atom is 0.240 e. The quantitative estimate of drug-likeness (QED) is 0.298. The molecule has 156 valence electrons. The summed E-state index contributed by atoms with van der Waals surface area (Å²) in [6, 6.07) is 3.26. The summed E-state index contributed by atoms with van der Waals surface area (Å²) in [6.07, 6.45) is 0.818. The van der Waals surface area contributed by atoms with Crippen LogP contribution in [0.25, 0.3) is 10.8 Å². The van der Waals surface area contributed by atoms with Crippen molar-refractivity contribution in [2.24, 2.45) is 5.92 Å². The number of benzene rings is 2. The van der Waals surface area contributed by atoms with E-state index in [0.717, 1.165) is 6.42 Å². The van der Waals surface area contributed by atoms with Gasteiger partial charge in [0.1, 0.15) is 17.2 Å². The average Bonchev–Trinajstić information content (AvgIpc) is 2.74. The van der Waals surface area contributed by atoms with E-state index in [1.54, 1.807) is 12.1 Å². The Balaban J connectivity index is 2.93. The lowest BCUT2D eigenvalue weighted by Gasteiger charge is -2.19. The van der Waals surface area contributed by atoms with Gasteiger partial charge in [0.05, 0.1) is 36.8 Å². The van der Waals surface area contributed by atoms with Gasteiger partial charge in [0, 0.05) is 24.5 Å². The van der Waals surface area contributed by atoms with Crippen molar-refractivity contribution in [3.05, 3.63) is 28.3 Å². The van der Waals surface area contributed by atoms with Gasteiger partial charge in [-0.1, -0.05) is 31.4 Å². The number of fused-ring (bicyclic) bond motifs is 1. The summed E-state index contributed by atoms with van der Waals surface area (Å²) in [7, 11) is 4.44. The zero-order valence-corrected chi connectivity index (χ0v) is 18.0. The Hall–Kier alpha value is -2.46. The van der Waals surface area contributed by atoms with Gasteiger partial charge in [0.15, 0.2) is 6.79 Å². The molecular weight excluding hydrogens is 396 g/mol. The molecule has 0 spiro atoms. The van der Waals surface area contributed by atoms with Crippen molar-refractivity contribution in [3.8, 4) is 29.1 Å². The minimum atomic E-state index is -0.469. The minimum Gasteiger partial charge on any atom is -0.496 e. The molecule has 6 nitrogen and oxygen atoms in total. The molecule has 0 aliphatic carbocycles. The number of halogens is 1. The van der Waals surface area contributed by atoms with Gasteiger partial charge in [0.25, 0.3) is 0 Å². The Labute approximate surface area is 175 Å².